The van der Waals surface area contributed by atoms with Crippen LogP contribution in [0.15, 0.2) is 6.30 Å². The molecule has 288 valence electrons. The highest BCUT2D eigenvalue weighted by Gasteiger charge is 2.57. The molecule has 0 N–H and O–H groups in total. The number of hydrogen-bond donors (Lipinski definition) is 0. The van der Waals surface area contributed by atoms with Gasteiger partial charge in [0.2, 0.25) is 0 Å². The van der Waals surface area contributed by atoms with Gasteiger partial charge in [-0.15, -0.1) is 0 Å². The average molecular weight is 787 g/mol. The minimum absolute atomic E-state index is 0.0285. The number of hydrogen-bond acceptors (Lipinski definition) is 7. The summed E-state index contributed by atoms with van der Waals surface area (Å²) >= 11 is 6.85. The van der Waals surface area contributed by atoms with Crippen LogP contribution < -0.4 is 5.45 Å². The van der Waals surface area contributed by atoms with Crippen molar-refractivity contribution in [3.63, 3.8) is 0 Å². The lowest BCUT2D eigenvalue weighted by Crippen LogP contribution is -2.61. The van der Waals surface area contributed by atoms with E-state index in [0.29, 0.717) is 34.4 Å². The summed E-state index contributed by atoms with van der Waals surface area (Å²) in [7, 11) is -9.41. The van der Waals surface area contributed by atoms with Crippen molar-refractivity contribution in [1.82, 2.24) is 19.5 Å². The maximum absolute atomic E-state index is 8.60. The zero-order valence-corrected chi connectivity index (χ0v) is 40.3. The molecule has 0 bridgehead atoms. The Bertz CT molecular complexity index is 1510. The van der Waals surface area contributed by atoms with Crippen LogP contribution in [0.25, 0.3) is 11.2 Å². The Morgan fingerprint density at radius 1 is 0.760 bits per heavy atom. The van der Waals surface area contributed by atoms with Crippen molar-refractivity contribution in [1.29, 1.82) is 0 Å². The largest absolute Gasteiger partial charge is 0.414 e. The van der Waals surface area contributed by atoms with Crippen LogP contribution in [-0.2, 0) is 18.0 Å². The van der Waals surface area contributed by atoms with Gasteiger partial charge in [-0.2, -0.15) is 0 Å². The van der Waals surface area contributed by atoms with E-state index in [1.54, 1.807) is 0 Å². The average Bonchev–Trinajstić information content (AvgIpc) is 3.43. The van der Waals surface area contributed by atoms with Crippen LogP contribution in [0.4, 0.5) is 0 Å². The molecule has 1 fully saturated rings. The van der Waals surface area contributed by atoms with Gasteiger partial charge in [0.1, 0.15) is 39.6 Å². The molecule has 0 aliphatic carbocycles. The summed E-state index contributed by atoms with van der Waals surface area (Å²) in [6, 6.07) is 0. The van der Waals surface area contributed by atoms with Gasteiger partial charge in [-0.05, 0) is 71.0 Å². The maximum Gasteiger partial charge on any atom is 0.192 e. The second kappa shape index (κ2) is 14.7. The highest BCUT2D eigenvalue weighted by atomic mass is 35.5. The predicted octanol–water partition coefficient (Wildman–Crippen LogP) is 11.1. The van der Waals surface area contributed by atoms with Gasteiger partial charge in [0.05, 0.1) is 12.1 Å². The van der Waals surface area contributed by atoms with Gasteiger partial charge < -0.3 is 18.0 Å². The van der Waals surface area contributed by atoms with Gasteiger partial charge in [-0.3, -0.25) is 4.57 Å². The van der Waals surface area contributed by atoms with E-state index < -0.39 is 57.6 Å². The molecule has 13 heteroatoms. The number of aromatic nitrogens is 4. The summed E-state index contributed by atoms with van der Waals surface area (Å²) in [5.41, 5.74) is 3.04. The summed E-state index contributed by atoms with van der Waals surface area (Å²) in [6.45, 7) is 48.6. The lowest BCUT2D eigenvalue weighted by Gasteiger charge is -2.45. The van der Waals surface area contributed by atoms with E-state index in [1.807, 2.05) is 0 Å². The Balaban J connectivity index is 2.50. The summed E-state index contributed by atoms with van der Waals surface area (Å²) < 4.78 is 40.2. The van der Waals surface area contributed by atoms with E-state index >= 15 is 0 Å². The summed E-state index contributed by atoms with van der Waals surface area (Å²) in [6.07, 6.45) is -2.06. The zero-order chi connectivity index (χ0) is 39.7. The molecule has 0 unspecified atom stereocenters. The van der Waals surface area contributed by atoms with Crippen molar-refractivity contribution in [2.24, 2.45) is 0 Å². The van der Waals surface area contributed by atoms with Crippen molar-refractivity contribution in [2.75, 3.05) is 6.61 Å². The molecule has 3 heterocycles. The SMILES string of the molecule is [2H]c1nc(Cl)c2nc([Si](C(C)C)(C(C)C)C(C)C)n([C@@H]3O[C@H](CO[Si](C)(C)C(C)(C)C)[C@@H](O[Si](C)(C)C(C)(C)C)[C@H]3O[Si](C)(C)C(C)(C)C)c2n1. The van der Waals surface area contributed by atoms with Gasteiger partial charge in [-0.1, -0.05) is 115 Å². The predicted molar refractivity (Wildman–Crippen MR) is 222 cm³/mol. The topological polar surface area (TPSA) is 80.5 Å². The van der Waals surface area contributed by atoms with Crippen LogP contribution in [0, 0.1) is 0 Å². The van der Waals surface area contributed by atoms with Crippen LogP contribution in [0.5, 0.6) is 0 Å². The van der Waals surface area contributed by atoms with Crippen molar-refractivity contribution >= 4 is 61.2 Å². The van der Waals surface area contributed by atoms with Crippen LogP contribution in [0.1, 0.15) is 111 Å². The molecule has 8 nitrogen and oxygen atoms in total. The van der Waals surface area contributed by atoms with Gasteiger partial charge in [-0.25, -0.2) is 15.0 Å². The summed E-state index contributed by atoms with van der Waals surface area (Å²) in [5, 5.41) is 0.109. The first-order valence-electron chi connectivity index (χ1n) is 19.3. The van der Waals surface area contributed by atoms with E-state index in [1.165, 1.54) is 0 Å². The Hall–Kier alpha value is -0.452. The van der Waals surface area contributed by atoms with Crippen LogP contribution in [-0.4, -0.2) is 77.5 Å². The third kappa shape index (κ3) is 8.13. The molecule has 3 rings (SSSR count). The van der Waals surface area contributed by atoms with Crippen molar-refractivity contribution in [3.8, 4) is 0 Å². The molecular formula is C37H73ClN4O4Si4. The number of ether oxygens (including phenoxy) is 1. The Kier molecular flexibility index (Phi) is 12.4. The molecule has 50 heavy (non-hydrogen) atoms. The van der Waals surface area contributed by atoms with E-state index in [9.17, 15) is 0 Å². The zero-order valence-electron chi connectivity index (χ0n) is 36.5. The minimum Gasteiger partial charge on any atom is -0.414 e. The quantitative estimate of drug-likeness (QED) is 0.157. The summed E-state index contributed by atoms with van der Waals surface area (Å²) in [4.78, 5) is 14.4. The second-order valence-corrected chi connectivity index (χ2v) is 40.8. The first-order valence-corrected chi connectivity index (χ1v) is 30.2. The molecule has 2 aromatic heterocycles. The van der Waals surface area contributed by atoms with E-state index in [2.05, 4.69) is 153 Å². The molecule has 4 atom stereocenters. The van der Waals surface area contributed by atoms with Crippen LogP contribution in [0.3, 0.4) is 0 Å². The van der Waals surface area contributed by atoms with Gasteiger partial charge in [0.15, 0.2) is 42.0 Å². The Labute approximate surface area is 316 Å². The molecular weight excluding hydrogens is 712 g/mol. The fourth-order valence-electron chi connectivity index (χ4n) is 7.02. The molecule has 0 spiro atoms. The first-order chi connectivity index (χ1) is 22.7. The van der Waals surface area contributed by atoms with Gasteiger partial charge in [0.25, 0.3) is 0 Å². The number of nitrogens with zero attached hydrogens (tertiary/aromatic N) is 4. The number of fused-ring (bicyclic) bond motifs is 1. The lowest BCUT2D eigenvalue weighted by atomic mass is 10.1. The van der Waals surface area contributed by atoms with Crippen molar-refractivity contribution in [3.05, 3.63) is 11.5 Å². The number of halogens is 1. The highest BCUT2D eigenvalue weighted by molar-refractivity contribution is 6.94. The normalized spacial score (nSPS) is 22.5. The first kappa shape index (κ1) is 42.3. The van der Waals surface area contributed by atoms with E-state index in [0.717, 1.165) is 5.45 Å². The molecule has 0 radical (unpaired) electrons. The van der Waals surface area contributed by atoms with E-state index in [4.69, 9.17) is 41.0 Å². The van der Waals surface area contributed by atoms with Crippen LogP contribution >= 0.6 is 11.6 Å². The maximum atomic E-state index is 8.60. The molecule has 1 aliphatic heterocycles. The van der Waals surface area contributed by atoms with Gasteiger partial charge in [0, 0.05) is 0 Å². The minimum atomic E-state index is -2.47. The molecule has 0 saturated carbocycles. The lowest BCUT2D eigenvalue weighted by molar-refractivity contribution is -0.0457. The summed E-state index contributed by atoms with van der Waals surface area (Å²) in [5.74, 6) is 0. The third-order valence-corrected chi connectivity index (χ3v) is 33.6. The molecule has 1 aliphatic rings. The molecule has 0 aromatic carbocycles. The second-order valence-electron chi connectivity index (χ2n) is 20.3. The third-order valence-electron chi connectivity index (χ3n) is 13.1. The van der Waals surface area contributed by atoms with Crippen LogP contribution in [0.2, 0.25) is 76.2 Å². The Morgan fingerprint density at radius 2 is 1.20 bits per heavy atom. The molecule has 1 saturated heterocycles. The fourth-order valence-corrected chi connectivity index (χ4v) is 17.3. The number of imidazole rings is 1. The monoisotopic (exact) mass is 785 g/mol. The smallest absolute Gasteiger partial charge is 0.192 e. The fraction of sp³-hybridized carbons (Fsp3) is 0.865. The molecule has 2 aromatic rings. The van der Waals surface area contributed by atoms with E-state index in [-0.39, 0.29) is 26.6 Å². The number of rotatable bonds is 12. The standard InChI is InChI=1S/C37H73ClN4O4Si4/c1-24(2)50(25(3)4,26(5)6)34-41-28-31(38)39-23-40-32(28)42(34)33-30(46-49(20,21)37(13,14)15)29(45-48(18,19)36(10,11)12)27(44-33)22-43-47(16,17)35(7,8)9/h23-27,29-30,33H,22H2,1-21H3/t27-,29-,30-,33-/m1/s1/i23D. The molecule has 0 amide bonds. The highest BCUT2D eigenvalue weighted by Crippen LogP contribution is 2.48. The van der Waals surface area contributed by atoms with Crippen molar-refractivity contribution in [2.45, 2.75) is 199 Å². The van der Waals surface area contributed by atoms with Crippen molar-refractivity contribution < 1.29 is 19.4 Å². The van der Waals surface area contributed by atoms with Gasteiger partial charge >= 0.3 is 0 Å². The Morgan fingerprint density at radius 3 is 1.62 bits per heavy atom.